The summed E-state index contributed by atoms with van der Waals surface area (Å²) in [6.07, 6.45) is 4.79. The summed E-state index contributed by atoms with van der Waals surface area (Å²) in [5.41, 5.74) is 2.37. The molecule has 4 rings (SSSR count). The molecule has 1 unspecified atom stereocenters. The van der Waals surface area contributed by atoms with E-state index in [-0.39, 0.29) is 11.6 Å². The molecule has 196 valence electrons. The number of hydrogen-bond acceptors (Lipinski definition) is 5. The van der Waals surface area contributed by atoms with Crippen LogP contribution in [0.5, 0.6) is 0 Å². The maximum atomic E-state index is 13.3. The highest BCUT2D eigenvalue weighted by molar-refractivity contribution is 9.10. The minimum absolute atomic E-state index is 0.0658. The van der Waals surface area contributed by atoms with Gasteiger partial charge in [-0.3, -0.25) is 19.4 Å². The van der Waals surface area contributed by atoms with Crippen LogP contribution < -0.4 is 16.0 Å². The lowest BCUT2D eigenvalue weighted by atomic mass is 10.2. The first-order valence-electron chi connectivity index (χ1n) is 12.0. The Morgan fingerprint density at radius 3 is 2.41 bits per heavy atom. The van der Waals surface area contributed by atoms with Gasteiger partial charge in [0, 0.05) is 33.0 Å². The highest BCUT2D eigenvalue weighted by Gasteiger charge is 2.18. The molecule has 1 atom stereocenters. The molecule has 0 saturated carbocycles. The van der Waals surface area contributed by atoms with Crippen LogP contribution in [0.4, 0.5) is 11.4 Å². The van der Waals surface area contributed by atoms with Crippen molar-refractivity contribution in [1.82, 2.24) is 10.3 Å². The molecule has 3 amide bonds. The second kappa shape index (κ2) is 13.5. The molecule has 7 nitrogen and oxygen atoms in total. The fourth-order valence-electron chi connectivity index (χ4n) is 3.47. The van der Waals surface area contributed by atoms with Gasteiger partial charge in [-0.15, -0.1) is 11.8 Å². The smallest absolute Gasteiger partial charge is 0.272 e. The molecule has 0 aliphatic rings. The molecule has 0 bridgehead atoms. The van der Waals surface area contributed by atoms with E-state index in [2.05, 4.69) is 36.9 Å². The Hall–Kier alpha value is -4.21. The minimum atomic E-state index is -0.495. The van der Waals surface area contributed by atoms with Gasteiger partial charge < -0.3 is 16.0 Å². The fraction of sp³-hybridized carbons (Fsp3) is 0.0667. The number of thioether (sulfide) groups is 1. The molecule has 1 aromatic heterocycles. The van der Waals surface area contributed by atoms with Crippen LogP contribution in [-0.2, 0) is 9.59 Å². The van der Waals surface area contributed by atoms with Crippen LogP contribution in [-0.4, -0.2) is 28.0 Å². The molecule has 0 radical (unpaired) electrons. The normalized spacial score (nSPS) is 11.8. The summed E-state index contributed by atoms with van der Waals surface area (Å²) in [5, 5.41) is 8.08. The minimum Gasteiger partial charge on any atom is -0.324 e. The zero-order valence-corrected chi connectivity index (χ0v) is 23.3. The Bertz CT molecular complexity index is 1500. The van der Waals surface area contributed by atoms with Crippen LogP contribution in [0.1, 0.15) is 22.8 Å². The Morgan fingerprint density at radius 2 is 1.67 bits per heavy atom. The predicted molar refractivity (Wildman–Crippen MR) is 159 cm³/mol. The van der Waals surface area contributed by atoms with E-state index in [1.165, 1.54) is 11.8 Å². The average Bonchev–Trinajstić information content (AvgIpc) is 2.95. The van der Waals surface area contributed by atoms with Crippen LogP contribution in [0, 0.1) is 0 Å². The first kappa shape index (κ1) is 27.8. The third kappa shape index (κ3) is 8.13. The number of nitrogens with zero attached hydrogens (tertiary/aromatic N) is 1. The number of carbonyl (C=O) groups is 3. The molecule has 1 heterocycles. The van der Waals surface area contributed by atoms with Gasteiger partial charge >= 0.3 is 0 Å². The van der Waals surface area contributed by atoms with Crippen molar-refractivity contribution in [2.24, 2.45) is 0 Å². The molecule has 39 heavy (non-hydrogen) atoms. The van der Waals surface area contributed by atoms with Gasteiger partial charge in [0.2, 0.25) is 5.91 Å². The quantitative estimate of drug-likeness (QED) is 0.153. The summed E-state index contributed by atoms with van der Waals surface area (Å²) in [4.78, 5) is 43.7. The molecule has 3 N–H and O–H groups in total. The van der Waals surface area contributed by atoms with Crippen molar-refractivity contribution in [3.8, 4) is 0 Å². The first-order chi connectivity index (χ1) is 18.9. The number of nitrogens with one attached hydrogen (secondary N) is 3. The maximum Gasteiger partial charge on any atom is 0.272 e. The van der Waals surface area contributed by atoms with Crippen LogP contribution >= 0.6 is 27.7 Å². The van der Waals surface area contributed by atoms with Crippen molar-refractivity contribution in [1.29, 1.82) is 0 Å². The highest BCUT2D eigenvalue weighted by Crippen LogP contribution is 2.28. The van der Waals surface area contributed by atoms with Gasteiger partial charge in [-0.05, 0) is 83.0 Å². The first-order valence-corrected chi connectivity index (χ1v) is 13.7. The van der Waals surface area contributed by atoms with E-state index in [1.54, 1.807) is 73.1 Å². The number of carbonyl (C=O) groups excluding carboxylic acids is 3. The highest BCUT2D eigenvalue weighted by atomic mass is 79.9. The predicted octanol–water partition coefficient (Wildman–Crippen LogP) is 6.37. The Balaban J connectivity index is 1.46. The topological polar surface area (TPSA) is 100 Å². The van der Waals surface area contributed by atoms with Crippen molar-refractivity contribution in [2.45, 2.75) is 17.1 Å². The van der Waals surface area contributed by atoms with Gasteiger partial charge in [0.25, 0.3) is 11.8 Å². The Labute approximate surface area is 239 Å². The van der Waals surface area contributed by atoms with Crippen molar-refractivity contribution in [2.75, 3.05) is 10.6 Å². The van der Waals surface area contributed by atoms with Gasteiger partial charge in [0.15, 0.2) is 0 Å². The van der Waals surface area contributed by atoms with E-state index in [0.29, 0.717) is 22.5 Å². The Kier molecular flexibility index (Phi) is 9.66. The van der Waals surface area contributed by atoms with Crippen LogP contribution in [0.25, 0.3) is 6.08 Å². The van der Waals surface area contributed by atoms with E-state index < -0.39 is 17.1 Å². The fourth-order valence-corrected chi connectivity index (χ4v) is 4.78. The number of amides is 3. The molecule has 0 aliphatic heterocycles. The lowest BCUT2D eigenvalue weighted by Crippen LogP contribution is -2.30. The summed E-state index contributed by atoms with van der Waals surface area (Å²) >= 11 is 4.80. The molecule has 9 heteroatoms. The molecular formula is C30H25BrN4O3S. The van der Waals surface area contributed by atoms with Crippen molar-refractivity contribution in [3.63, 3.8) is 0 Å². The SMILES string of the molecule is CC(Sc1cccc(NC(=O)/C(=C/c2cccnc2)NC(=O)c2ccccc2)c1)C(=O)Nc1ccccc1Br. The van der Waals surface area contributed by atoms with Gasteiger partial charge in [-0.25, -0.2) is 0 Å². The summed E-state index contributed by atoms with van der Waals surface area (Å²) < 4.78 is 0.801. The Morgan fingerprint density at radius 1 is 0.897 bits per heavy atom. The third-order valence-electron chi connectivity index (χ3n) is 5.43. The molecule has 3 aromatic carbocycles. The molecule has 0 aliphatic carbocycles. The lowest BCUT2D eigenvalue weighted by molar-refractivity contribution is -0.115. The number of rotatable bonds is 9. The van der Waals surface area contributed by atoms with E-state index in [0.717, 1.165) is 9.37 Å². The van der Waals surface area contributed by atoms with E-state index in [4.69, 9.17) is 0 Å². The molecule has 0 saturated heterocycles. The number of benzene rings is 3. The monoisotopic (exact) mass is 600 g/mol. The van der Waals surface area contributed by atoms with Gasteiger partial charge in [0.1, 0.15) is 5.70 Å². The summed E-state index contributed by atoms with van der Waals surface area (Å²) in [6, 6.07) is 26.8. The van der Waals surface area contributed by atoms with Gasteiger partial charge in [-0.1, -0.05) is 42.5 Å². The summed E-state index contributed by atoms with van der Waals surface area (Å²) in [6.45, 7) is 1.82. The standard InChI is InChI=1S/C30H25BrN4O3S/c1-20(28(36)34-26-15-6-5-14-25(26)31)39-24-13-7-12-23(18-24)33-30(38)27(17-21-9-8-16-32-19-21)35-29(37)22-10-3-2-4-11-22/h2-20H,1H3,(H,33,38)(H,34,36)(H,35,37)/b27-17-. The second-order valence-corrected chi connectivity index (χ2v) is 10.6. The van der Waals surface area contributed by atoms with Crippen LogP contribution in [0.15, 0.2) is 118 Å². The molecule has 0 fully saturated rings. The zero-order valence-electron chi connectivity index (χ0n) is 20.9. The van der Waals surface area contributed by atoms with E-state index in [9.17, 15) is 14.4 Å². The number of halogens is 1. The van der Waals surface area contributed by atoms with E-state index >= 15 is 0 Å². The molecular weight excluding hydrogens is 576 g/mol. The number of hydrogen-bond donors (Lipinski definition) is 3. The maximum absolute atomic E-state index is 13.3. The number of para-hydroxylation sites is 1. The number of pyridine rings is 1. The van der Waals surface area contributed by atoms with Crippen LogP contribution in [0.3, 0.4) is 0 Å². The van der Waals surface area contributed by atoms with Crippen molar-refractivity contribution < 1.29 is 14.4 Å². The van der Waals surface area contributed by atoms with Crippen molar-refractivity contribution in [3.05, 3.63) is 125 Å². The lowest BCUT2D eigenvalue weighted by Gasteiger charge is -2.14. The number of anilines is 2. The summed E-state index contributed by atoms with van der Waals surface area (Å²) in [5.74, 6) is -1.05. The molecule has 4 aromatic rings. The second-order valence-electron chi connectivity index (χ2n) is 8.38. The van der Waals surface area contributed by atoms with Crippen LogP contribution in [0.2, 0.25) is 0 Å². The van der Waals surface area contributed by atoms with Gasteiger partial charge in [0.05, 0.1) is 10.9 Å². The third-order valence-corrected chi connectivity index (χ3v) is 7.22. The van der Waals surface area contributed by atoms with Gasteiger partial charge in [-0.2, -0.15) is 0 Å². The average molecular weight is 602 g/mol. The number of aromatic nitrogens is 1. The summed E-state index contributed by atoms with van der Waals surface area (Å²) in [7, 11) is 0. The largest absolute Gasteiger partial charge is 0.324 e. The molecule has 0 spiro atoms. The zero-order chi connectivity index (χ0) is 27.6. The van der Waals surface area contributed by atoms with E-state index in [1.807, 2.05) is 43.3 Å². The van der Waals surface area contributed by atoms with Crippen molar-refractivity contribution >= 4 is 62.9 Å².